The Bertz CT molecular complexity index is 1550. The van der Waals surface area contributed by atoms with Crippen molar-refractivity contribution in [3.63, 3.8) is 0 Å². The number of hydrogen-bond donors (Lipinski definition) is 2. The summed E-state index contributed by atoms with van der Waals surface area (Å²) in [6.45, 7) is 13.5. The molecule has 2 aliphatic rings. The molecule has 0 spiro atoms. The number of nitrogens with zero attached hydrogens (tertiary/aromatic N) is 2. The van der Waals surface area contributed by atoms with Gasteiger partial charge in [0.05, 0.1) is 45.0 Å². The van der Waals surface area contributed by atoms with Crippen molar-refractivity contribution < 1.29 is 57.6 Å². The minimum Gasteiger partial charge on any atom is -0.494 e. The molecule has 0 aliphatic carbocycles. The number of aliphatic carboxylic acids is 2. The number of benzene rings is 2. The third-order valence-electron chi connectivity index (χ3n) is 9.34. The van der Waals surface area contributed by atoms with Crippen LogP contribution in [0.25, 0.3) is 0 Å². The molecular formula is C41H59FN2O11. The number of halogens is 1. The van der Waals surface area contributed by atoms with Crippen LogP contribution in [0.1, 0.15) is 96.8 Å². The van der Waals surface area contributed by atoms with E-state index in [4.69, 9.17) is 43.6 Å². The van der Waals surface area contributed by atoms with Crippen molar-refractivity contribution >= 4 is 23.4 Å². The van der Waals surface area contributed by atoms with Crippen molar-refractivity contribution in [2.45, 2.75) is 98.1 Å². The second-order valence-corrected chi connectivity index (χ2v) is 14.6. The molecule has 0 unspecified atom stereocenters. The summed E-state index contributed by atoms with van der Waals surface area (Å²) in [7, 11) is 1.42. The lowest BCUT2D eigenvalue weighted by atomic mass is 10.0. The molecule has 0 bridgehead atoms. The number of oxime groups is 2. The van der Waals surface area contributed by atoms with Crippen molar-refractivity contribution in [3.8, 4) is 5.75 Å². The summed E-state index contributed by atoms with van der Waals surface area (Å²) in [5.41, 5.74) is 4.50. The Morgan fingerprint density at radius 3 is 1.60 bits per heavy atom. The summed E-state index contributed by atoms with van der Waals surface area (Å²) >= 11 is 0. The van der Waals surface area contributed by atoms with Crippen LogP contribution in [0.5, 0.6) is 5.75 Å². The van der Waals surface area contributed by atoms with Crippen LogP contribution in [0.4, 0.5) is 4.39 Å². The molecule has 0 aromatic heterocycles. The minimum atomic E-state index is -1.53. The number of unbranched alkanes of at least 4 members (excludes halogenated alkanes) is 2. The highest BCUT2D eigenvalue weighted by Gasteiger charge is 2.41. The van der Waals surface area contributed by atoms with Crippen molar-refractivity contribution in [2.75, 3.05) is 46.8 Å². The maximum atomic E-state index is 13.7. The van der Waals surface area contributed by atoms with Crippen molar-refractivity contribution in [3.05, 3.63) is 65.0 Å². The number of methoxy groups -OCH3 is 1. The van der Waals surface area contributed by atoms with E-state index in [0.717, 1.165) is 56.2 Å². The van der Waals surface area contributed by atoms with Crippen LogP contribution in [0.3, 0.4) is 0 Å². The quantitative estimate of drug-likeness (QED) is 0.0827. The summed E-state index contributed by atoms with van der Waals surface area (Å²) in [5.74, 6) is -4.44. The number of carboxylic acid groups (broad SMARTS) is 2. The van der Waals surface area contributed by atoms with Crippen molar-refractivity contribution in [2.24, 2.45) is 28.1 Å². The first-order valence-electron chi connectivity index (χ1n) is 18.9. The highest BCUT2D eigenvalue weighted by Crippen LogP contribution is 2.26. The molecule has 14 heteroatoms. The predicted molar refractivity (Wildman–Crippen MR) is 205 cm³/mol. The Balaban J connectivity index is 0.000000296. The number of carboxylic acids is 2. The van der Waals surface area contributed by atoms with Gasteiger partial charge in [-0.05, 0) is 94.0 Å². The van der Waals surface area contributed by atoms with E-state index in [0.29, 0.717) is 56.8 Å². The lowest BCUT2D eigenvalue weighted by Crippen LogP contribution is -2.47. The van der Waals surface area contributed by atoms with Crippen LogP contribution in [0.2, 0.25) is 0 Å². The zero-order valence-corrected chi connectivity index (χ0v) is 33.3. The molecule has 0 saturated carbocycles. The van der Waals surface area contributed by atoms with Crippen LogP contribution >= 0.6 is 0 Å². The first-order valence-corrected chi connectivity index (χ1v) is 18.9. The fourth-order valence-electron chi connectivity index (χ4n) is 5.70. The SMILES string of the molecule is CC(=NOCCCCC1COC(C)(C(=O)O)OC1)c1ccc(CC(C)C)cc1.COc1ccc(C(C)=NOCCCCC2COC(C)(C(=O)O)OC2)cc1F. The van der Waals surface area contributed by atoms with E-state index in [9.17, 15) is 14.0 Å². The average molecular weight is 775 g/mol. The summed E-state index contributed by atoms with van der Waals surface area (Å²) in [4.78, 5) is 32.8. The van der Waals surface area contributed by atoms with Crippen LogP contribution in [-0.4, -0.2) is 91.9 Å². The number of rotatable bonds is 19. The van der Waals surface area contributed by atoms with Crippen LogP contribution in [0, 0.1) is 23.6 Å². The first kappa shape index (κ1) is 45.3. The topological polar surface area (TPSA) is 164 Å². The monoisotopic (exact) mass is 774 g/mol. The average Bonchev–Trinajstić information content (AvgIpc) is 3.16. The minimum absolute atomic E-state index is 0.171. The first-order chi connectivity index (χ1) is 26.2. The van der Waals surface area contributed by atoms with E-state index >= 15 is 0 Å². The number of carbonyl (C=O) groups is 2. The molecule has 2 N–H and O–H groups in total. The summed E-state index contributed by atoms with van der Waals surface area (Å²) in [6.07, 6.45) is 6.37. The molecular weight excluding hydrogens is 715 g/mol. The van der Waals surface area contributed by atoms with E-state index in [1.165, 1.54) is 32.6 Å². The highest BCUT2D eigenvalue weighted by atomic mass is 19.1. The molecule has 13 nitrogen and oxygen atoms in total. The molecule has 2 aromatic carbocycles. The molecule has 0 amide bonds. The van der Waals surface area contributed by atoms with Gasteiger partial charge in [-0.3, -0.25) is 0 Å². The van der Waals surface area contributed by atoms with Gasteiger partial charge in [-0.1, -0.05) is 48.4 Å². The highest BCUT2D eigenvalue weighted by molar-refractivity contribution is 5.98. The molecule has 4 rings (SSSR count). The third-order valence-corrected chi connectivity index (χ3v) is 9.34. The zero-order valence-electron chi connectivity index (χ0n) is 33.3. The van der Waals surface area contributed by atoms with Gasteiger partial charge >= 0.3 is 11.9 Å². The van der Waals surface area contributed by atoms with Gasteiger partial charge in [0, 0.05) is 31.2 Å². The van der Waals surface area contributed by atoms with Gasteiger partial charge in [-0.25, -0.2) is 14.0 Å². The summed E-state index contributed by atoms with van der Waals surface area (Å²) in [5, 5.41) is 26.3. The van der Waals surface area contributed by atoms with E-state index in [2.05, 4.69) is 48.4 Å². The fourth-order valence-corrected chi connectivity index (χ4v) is 5.70. The van der Waals surface area contributed by atoms with Crippen LogP contribution < -0.4 is 4.74 Å². The van der Waals surface area contributed by atoms with E-state index in [-0.39, 0.29) is 17.6 Å². The van der Waals surface area contributed by atoms with Gasteiger partial charge in [-0.2, -0.15) is 0 Å². The zero-order chi connectivity index (χ0) is 40.4. The maximum Gasteiger partial charge on any atom is 0.364 e. The normalized spacial score (nSPS) is 23.1. The van der Waals surface area contributed by atoms with Gasteiger partial charge in [0.15, 0.2) is 11.6 Å². The molecule has 55 heavy (non-hydrogen) atoms. The summed E-state index contributed by atoms with van der Waals surface area (Å²) < 4.78 is 39.9. The second-order valence-electron chi connectivity index (χ2n) is 14.6. The Labute approximate surface area is 324 Å². The van der Waals surface area contributed by atoms with Gasteiger partial charge < -0.3 is 43.6 Å². The van der Waals surface area contributed by atoms with Crippen molar-refractivity contribution in [1.29, 1.82) is 0 Å². The van der Waals surface area contributed by atoms with E-state index in [1.54, 1.807) is 19.1 Å². The molecule has 0 atom stereocenters. The van der Waals surface area contributed by atoms with Gasteiger partial charge in [0.2, 0.25) is 0 Å². The predicted octanol–water partition coefficient (Wildman–Crippen LogP) is 7.47. The molecule has 2 aromatic rings. The van der Waals surface area contributed by atoms with Gasteiger partial charge in [0.25, 0.3) is 11.6 Å². The standard InChI is InChI=1S/C22H33NO5.C19H26FNO6/c1-16(2)13-18-8-10-20(11-9-18)17(3)23-28-12-6-5-7-19-14-26-22(4,21(24)25)27-15-19;1-13(15-7-8-17(24-3)16(20)10-15)21-27-9-5-4-6-14-11-25-19(2,18(22)23)26-12-14/h8-11,16,19H,5-7,12-15H2,1-4H3,(H,24,25);7-8,10,14H,4-6,9,11-12H2,1-3H3,(H,22,23). The van der Waals surface area contributed by atoms with Crippen LogP contribution in [-0.2, 0) is 44.6 Å². The Morgan fingerprint density at radius 1 is 0.764 bits per heavy atom. The van der Waals surface area contributed by atoms with E-state index in [1.807, 2.05) is 6.92 Å². The number of hydrogen-bond acceptors (Lipinski definition) is 11. The van der Waals surface area contributed by atoms with Gasteiger partial charge in [0.1, 0.15) is 13.2 Å². The number of ether oxygens (including phenoxy) is 5. The lowest BCUT2D eigenvalue weighted by Gasteiger charge is -2.34. The molecule has 2 heterocycles. The fraction of sp³-hybridized carbons (Fsp3) is 0.610. The maximum absolute atomic E-state index is 13.7. The largest absolute Gasteiger partial charge is 0.494 e. The Kier molecular flexibility index (Phi) is 18.5. The second kappa shape index (κ2) is 22.4. The Morgan fingerprint density at radius 2 is 1.20 bits per heavy atom. The third kappa shape index (κ3) is 15.2. The van der Waals surface area contributed by atoms with E-state index < -0.39 is 29.3 Å². The lowest BCUT2D eigenvalue weighted by molar-refractivity contribution is -0.271. The molecule has 2 fully saturated rings. The Hall–Kier alpha value is -4.11. The van der Waals surface area contributed by atoms with Crippen molar-refractivity contribution in [1.82, 2.24) is 0 Å². The van der Waals surface area contributed by atoms with Gasteiger partial charge in [-0.15, -0.1) is 0 Å². The molecule has 2 saturated heterocycles. The van der Waals surface area contributed by atoms with Crippen LogP contribution in [0.15, 0.2) is 52.8 Å². The smallest absolute Gasteiger partial charge is 0.364 e. The molecule has 0 radical (unpaired) electrons. The summed E-state index contributed by atoms with van der Waals surface area (Å²) in [6, 6.07) is 13.1. The molecule has 306 valence electrons. The molecule has 2 aliphatic heterocycles.